The molecule has 3 aromatic heterocycles. The van der Waals surface area contributed by atoms with E-state index in [1.165, 1.54) is 25.2 Å². The van der Waals surface area contributed by atoms with Crippen molar-refractivity contribution in [2.75, 3.05) is 49.2 Å². The number of carbonyl (C=O) groups is 2. The molecule has 3 fully saturated rings. The number of nitrogens with one attached hydrogen (secondary N) is 4. The Kier molecular flexibility index (Phi) is 10.0. The molecule has 13 heteroatoms. The molecular weight excluding hydrogens is 541 g/mol. The van der Waals surface area contributed by atoms with Crippen LogP contribution in [0.2, 0.25) is 0 Å². The summed E-state index contributed by atoms with van der Waals surface area (Å²) in [6, 6.07) is 4.43. The third kappa shape index (κ3) is 8.05. The maximum Gasteiger partial charge on any atom is 0.407 e. The molecule has 0 bridgehead atoms. The van der Waals surface area contributed by atoms with Crippen LogP contribution in [0.5, 0.6) is 0 Å². The van der Waals surface area contributed by atoms with Gasteiger partial charge in [-0.1, -0.05) is 0 Å². The fourth-order valence-electron chi connectivity index (χ4n) is 5.34. The smallest absolute Gasteiger partial charge is 0.407 e. The highest BCUT2D eigenvalue weighted by Gasteiger charge is 2.26. The minimum atomic E-state index is -0.319. The predicted octanol–water partition coefficient (Wildman–Crippen LogP) is 3.92. The zero-order valence-corrected chi connectivity index (χ0v) is 24.0. The summed E-state index contributed by atoms with van der Waals surface area (Å²) in [5, 5.41) is 17.3. The van der Waals surface area contributed by atoms with Gasteiger partial charge >= 0.3 is 6.09 Å². The van der Waals surface area contributed by atoms with E-state index < -0.39 is 0 Å². The molecule has 0 unspecified atom stereocenters. The van der Waals surface area contributed by atoms with Crippen LogP contribution in [0, 0.1) is 5.82 Å². The summed E-state index contributed by atoms with van der Waals surface area (Å²) in [6.45, 7) is 3.49. The largest absolute Gasteiger partial charge is 0.448 e. The van der Waals surface area contributed by atoms with Crippen LogP contribution in [0.4, 0.5) is 26.4 Å². The zero-order valence-electron chi connectivity index (χ0n) is 24.0. The fourth-order valence-corrected chi connectivity index (χ4v) is 5.34. The average molecular weight is 582 g/mol. The normalized spacial score (nSPS) is 20.3. The summed E-state index contributed by atoms with van der Waals surface area (Å²) in [5.74, 6) is 0.407. The van der Waals surface area contributed by atoms with Crippen molar-refractivity contribution in [1.29, 1.82) is 0 Å². The lowest BCUT2D eigenvalue weighted by Crippen LogP contribution is -2.41. The van der Waals surface area contributed by atoms with Gasteiger partial charge in [0.15, 0.2) is 17.8 Å². The lowest BCUT2D eigenvalue weighted by Gasteiger charge is -2.30. The van der Waals surface area contributed by atoms with Crippen molar-refractivity contribution >= 4 is 35.2 Å². The molecule has 226 valence electrons. The van der Waals surface area contributed by atoms with E-state index in [9.17, 15) is 14.0 Å². The first-order valence-corrected chi connectivity index (χ1v) is 14.8. The van der Waals surface area contributed by atoms with Gasteiger partial charge in [-0.05, 0) is 70.5 Å². The van der Waals surface area contributed by atoms with Crippen molar-refractivity contribution < 1.29 is 18.7 Å². The van der Waals surface area contributed by atoms with Crippen molar-refractivity contribution in [3.05, 3.63) is 42.2 Å². The Labute approximate surface area is 244 Å². The summed E-state index contributed by atoms with van der Waals surface area (Å²) in [4.78, 5) is 33.8. The van der Waals surface area contributed by atoms with E-state index in [0.717, 1.165) is 76.0 Å². The second kappa shape index (κ2) is 14.3. The highest BCUT2D eigenvalue weighted by atomic mass is 19.1. The van der Waals surface area contributed by atoms with Crippen LogP contribution in [0.25, 0.3) is 5.65 Å². The van der Waals surface area contributed by atoms with Gasteiger partial charge in [-0.2, -0.15) is 0 Å². The first-order chi connectivity index (χ1) is 20.5. The van der Waals surface area contributed by atoms with Crippen LogP contribution in [-0.4, -0.2) is 88.3 Å². The van der Waals surface area contributed by atoms with Gasteiger partial charge in [0.25, 0.3) is 0 Å². The van der Waals surface area contributed by atoms with Gasteiger partial charge in [0.05, 0.1) is 23.8 Å². The van der Waals surface area contributed by atoms with E-state index >= 15 is 0 Å². The van der Waals surface area contributed by atoms with Crippen LogP contribution in [0.15, 0.2) is 30.7 Å². The molecule has 1 amide bonds. The summed E-state index contributed by atoms with van der Waals surface area (Å²) >= 11 is 0. The molecule has 0 radical (unpaired) electrons. The Morgan fingerprint density at radius 3 is 2.43 bits per heavy atom. The minimum absolute atomic E-state index is 0.139. The van der Waals surface area contributed by atoms with Gasteiger partial charge in [-0.15, -0.1) is 5.10 Å². The number of rotatable bonds is 10. The standard InChI is InChI=1S/C23H33N7O3.C6H7FN2/c31-15-19-14-24-22-20(25-16-3-4-16)13-21(28-30(19)22)26-17-5-7-18(8-6-17)27-23(32)33-12-11-29-9-1-2-10-29;1-8-6-2-3-9-4-5(6)7/h13-18,25H,1-12H2,(H,26,28)(H,27,32);2-4H,1H3,(H,8,9). The third-order valence-corrected chi connectivity index (χ3v) is 7.83. The number of halogens is 1. The van der Waals surface area contributed by atoms with Gasteiger partial charge in [0.2, 0.25) is 0 Å². The molecule has 2 saturated carbocycles. The Bertz CT molecular complexity index is 1340. The van der Waals surface area contributed by atoms with Gasteiger partial charge in [0, 0.05) is 44.0 Å². The molecule has 6 rings (SSSR count). The molecule has 4 N–H and O–H groups in total. The first-order valence-electron chi connectivity index (χ1n) is 14.8. The van der Waals surface area contributed by atoms with Crippen molar-refractivity contribution in [3.63, 3.8) is 0 Å². The number of ether oxygens (including phenoxy) is 1. The molecule has 4 heterocycles. The number of pyridine rings is 1. The maximum absolute atomic E-state index is 12.5. The van der Waals surface area contributed by atoms with E-state index in [2.05, 4.69) is 41.2 Å². The van der Waals surface area contributed by atoms with Crippen LogP contribution < -0.4 is 21.3 Å². The van der Waals surface area contributed by atoms with E-state index in [1.54, 1.807) is 23.8 Å². The van der Waals surface area contributed by atoms with Crippen LogP contribution in [-0.2, 0) is 4.74 Å². The lowest BCUT2D eigenvalue weighted by molar-refractivity contribution is 0.111. The minimum Gasteiger partial charge on any atom is -0.448 e. The van der Waals surface area contributed by atoms with Crippen molar-refractivity contribution in [2.24, 2.45) is 0 Å². The number of anilines is 3. The van der Waals surface area contributed by atoms with E-state index in [4.69, 9.17) is 4.74 Å². The predicted molar refractivity (Wildman–Crippen MR) is 159 cm³/mol. The van der Waals surface area contributed by atoms with Gasteiger partial charge in [0.1, 0.15) is 18.1 Å². The Morgan fingerprint density at radius 1 is 1.05 bits per heavy atom. The monoisotopic (exact) mass is 581 g/mol. The molecule has 0 atom stereocenters. The summed E-state index contributed by atoms with van der Waals surface area (Å²) in [6.07, 6.45) is 13.1. The number of aldehydes is 1. The van der Waals surface area contributed by atoms with Crippen molar-refractivity contribution in [3.8, 4) is 0 Å². The molecule has 12 nitrogen and oxygen atoms in total. The van der Waals surface area contributed by atoms with Crippen molar-refractivity contribution in [1.82, 2.24) is 29.8 Å². The second-order valence-electron chi connectivity index (χ2n) is 11.0. The number of aromatic nitrogens is 4. The molecule has 1 aliphatic heterocycles. The van der Waals surface area contributed by atoms with Crippen molar-refractivity contribution in [2.45, 2.75) is 69.5 Å². The third-order valence-electron chi connectivity index (χ3n) is 7.83. The zero-order chi connectivity index (χ0) is 29.3. The second-order valence-corrected chi connectivity index (χ2v) is 11.0. The topological polar surface area (TPSA) is 138 Å². The molecule has 42 heavy (non-hydrogen) atoms. The summed E-state index contributed by atoms with van der Waals surface area (Å²) in [5.41, 5.74) is 2.48. The Hall–Kier alpha value is -4.00. The number of likely N-dealkylation sites (tertiary alicyclic amines) is 1. The molecule has 2 aliphatic carbocycles. The summed E-state index contributed by atoms with van der Waals surface area (Å²) < 4.78 is 19.4. The van der Waals surface area contributed by atoms with Crippen LogP contribution in [0.1, 0.15) is 61.9 Å². The molecule has 1 saturated heterocycles. The van der Waals surface area contributed by atoms with E-state index in [1.807, 2.05) is 6.07 Å². The molecule has 3 aromatic rings. The number of nitrogens with zero attached hydrogens (tertiary/aromatic N) is 5. The number of hydrogen-bond acceptors (Lipinski definition) is 10. The van der Waals surface area contributed by atoms with Gasteiger partial charge in [-0.25, -0.2) is 18.7 Å². The van der Waals surface area contributed by atoms with E-state index in [0.29, 0.717) is 29.7 Å². The molecular formula is C29H40FN9O3. The van der Waals surface area contributed by atoms with Gasteiger partial charge in [-0.3, -0.25) is 14.7 Å². The SMILES string of the molecule is CNc1ccncc1F.O=Cc1cnc2c(NC3CC3)cc(NC3CCC(NC(=O)OCCN4CCCC4)CC3)nn12. The fraction of sp³-hybridized carbons (Fsp3) is 0.552. The Morgan fingerprint density at radius 2 is 1.76 bits per heavy atom. The number of amides is 1. The highest BCUT2D eigenvalue weighted by Crippen LogP contribution is 2.29. The first kappa shape index (κ1) is 29.5. The van der Waals surface area contributed by atoms with Crippen LogP contribution >= 0.6 is 0 Å². The average Bonchev–Trinajstić information content (AvgIpc) is 3.47. The van der Waals surface area contributed by atoms with E-state index in [-0.39, 0.29) is 24.0 Å². The number of alkyl carbamates (subject to hydrolysis) is 1. The Balaban J connectivity index is 0.000000336. The highest BCUT2D eigenvalue weighted by molar-refractivity contribution is 5.78. The quantitative estimate of drug-likeness (QED) is 0.261. The molecule has 3 aliphatic rings. The maximum atomic E-state index is 12.5. The molecule has 0 spiro atoms. The summed E-state index contributed by atoms with van der Waals surface area (Å²) in [7, 11) is 1.67. The van der Waals surface area contributed by atoms with Gasteiger partial charge < -0.3 is 26.0 Å². The number of hydrogen-bond donors (Lipinski definition) is 4. The number of imidazole rings is 1. The molecule has 0 aromatic carbocycles. The number of fused-ring (bicyclic) bond motifs is 1. The lowest BCUT2D eigenvalue weighted by atomic mass is 9.91. The van der Waals surface area contributed by atoms with Crippen LogP contribution in [0.3, 0.4) is 0 Å². The number of carbonyl (C=O) groups excluding carboxylic acids is 2.